The molecule has 2 fully saturated rings. The van der Waals surface area contributed by atoms with Crippen molar-refractivity contribution in [3.05, 3.63) is 0 Å². The van der Waals surface area contributed by atoms with Crippen molar-refractivity contribution in [1.29, 1.82) is 5.26 Å². The standard InChI is InChI=1S/C13H21N3O/c1-15-12(17)11-3-2-8-16(9-11)10-13(4-5-13)6-7-14/h11H,2-6,8-10H2,1H3,(H,15,17). The first-order valence-electron chi connectivity index (χ1n) is 6.50. The topological polar surface area (TPSA) is 56.1 Å². The van der Waals surface area contributed by atoms with Gasteiger partial charge in [0.2, 0.25) is 5.91 Å². The summed E-state index contributed by atoms with van der Waals surface area (Å²) in [5, 5.41) is 11.6. The van der Waals surface area contributed by atoms with Gasteiger partial charge in [0.25, 0.3) is 0 Å². The fraction of sp³-hybridized carbons (Fsp3) is 0.846. The largest absolute Gasteiger partial charge is 0.359 e. The molecular formula is C13H21N3O. The van der Waals surface area contributed by atoms with Crippen molar-refractivity contribution in [2.45, 2.75) is 32.1 Å². The van der Waals surface area contributed by atoms with Crippen LogP contribution in [0.5, 0.6) is 0 Å². The van der Waals surface area contributed by atoms with Gasteiger partial charge < -0.3 is 10.2 Å². The van der Waals surface area contributed by atoms with Crippen LogP contribution >= 0.6 is 0 Å². The zero-order valence-corrected chi connectivity index (χ0v) is 10.5. The Balaban J connectivity index is 1.86. The summed E-state index contributed by atoms with van der Waals surface area (Å²) in [7, 11) is 1.71. The van der Waals surface area contributed by atoms with E-state index in [4.69, 9.17) is 5.26 Å². The van der Waals surface area contributed by atoms with E-state index in [0.29, 0.717) is 6.42 Å². The van der Waals surface area contributed by atoms with Gasteiger partial charge in [-0.15, -0.1) is 0 Å². The van der Waals surface area contributed by atoms with Crippen LogP contribution in [0.25, 0.3) is 0 Å². The van der Waals surface area contributed by atoms with Gasteiger partial charge in [-0.25, -0.2) is 0 Å². The van der Waals surface area contributed by atoms with E-state index in [1.54, 1.807) is 7.05 Å². The lowest BCUT2D eigenvalue weighted by molar-refractivity contribution is -0.126. The molecule has 0 spiro atoms. The molecule has 1 saturated heterocycles. The summed E-state index contributed by atoms with van der Waals surface area (Å²) in [5.41, 5.74) is 0.263. The number of nitrogens with zero attached hydrogens (tertiary/aromatic N) is 2. The second kappa shape index (κ2) is 5.05. The maximum Gasteiger partial charge on any atom is 0.224 e. The van der Waals surface area contributed by atoms with Crippen LogP contribution in [0, 0.1) is 22.7 Å². The lowest BCUT2D eigenvalue weighted by Gasteiger charge is -2.33. The quantitative estimate of drug-likeness (QED) is 0.795. The third-order valence-corrected chi connectivity index (χ3v) is 4.09. The average molecular weight is 235 g/mol. The van der Waals surface area contributed by atoms with Gasteiger partial charge >= 0.3 is 0 Å². The van der Waals surface area contributed by atoms with Gasteiger partial charge in [0, 0.05) is 26.6 Å². The number of amides is 1. The maximum absolute atomic E-state index is 11.6. The summed E-state index contributed by atoms with van der Waals surface area (Å²) in [4.78, 5) is 14.0. The molecule has 2 rings (SSSR count). The normalized spacial score (nSPS) is 27.2. The third kappa shape index (κ3) is 2.98. The predicted octanol–water partition coefficient (Wildman–Crippen LogP) is 1.14. The third-order valence-electron chi connectivity index (χ3n) is 4.09. The van der Waals surface area contributed by atoms with Gasteiger partial charge in [-0.1, -0.05) is 0 Å². The fourth-order valence-electron chi connectivity index (χ4n) is 2.83. The van der Waals surface area contributed by atoms with Gasteiger partial charge in [0.15, 0.2) is 0 Å². The summed E-state index contributed by atoms with van der Waals surface area (Å²) in [6.07, 6.45) is 5.14. The molecule has 0 bridgehead atoms. The smallest absolute Gasteiger partial charge is 0.224 e. The summed E-state index contributed by atoms with van der Waals surface area (Å²) in [6.45, 7) is 2.96. The van der Waals surface area contributed by atoms with E-state index in [0.717, 1.165) is 32.5 Å². The molecule has 1 amide bonds. The first kappa shape index (κ1) is 12.4. The summed E-state index contributed by atoms with van der Waals surface area (Å²) in [6, 6.07) is 2.30. The van der Waals surface area contributed by atoms with E-state index < -0.39 is 0 Å². The molecule has 0 radical (unpaired) electrons. The number of carbonyl (C=O) groups is 1. The summed E-state index contributed by atoms with van der Waals surface area (Å²) >= 11 is 0. The first-order chi connectivity index (χ1) is 8.19. The van der Waals surface area contributed by atoms with Gasteiger partial charge in [0.05, 0.1) is 12.0 Å². The lowest BCUT2D eigenvalue weighted by atomic mass is 9.94. The van der Waals surface area contributed by atoms with Crippen molar-refractivity contribution in [2.75, 3.05) is 26.7 Å². The van der Waals surface area contributed by atoms with Gasteiger partial charge in [-0.3, -0.25) is 4.79 Å². The highest BCUT2D eigenvalue weighted by atomic mass is 16.1. The zero-order chi connectivity index (χ0) is 12.3. The molecule has 1 N–H and O–H groups in total. The van der Waals surface area contributed by atoms with Crippen molar-refractivity contribution < 1.29 is 4.79 Å². The number of piperidine rings is 1. The van der Waals surface area contributed by atoms with Crippen LogP contribution in [-0.2, 0) is 4.79 Å². The minimum absolute atomic E-state index is 0.145. The molecule has 1 unspecified atom stereocenters. The number of rotatable bonds is 4. The highest BCUT2D eigenvalue weighted by molar-refractivity contribution is 5.78. The molecule has 0 aromatic heterocycles. The minimum Gasteiger partial charge on any atom is -0.359 e. The number of carbonyl (C=O) groups excluding carboxylic acids is 1. The van der Waals surface area contributed by atoms with Crippen LogP contribution in [0.3, 0.4) is 0 Å². The Kier molecular flexibility index (Phi) is 3.68. The van der Waals surface area contributed by atoms with Crippen LogP contribution in [-0.4, -0.2) is 37.5 Å². The van der Waals surface area contributed by atoms with Crippen molar-refractivity contribution in [1.82, 2.24) is 10.2 Å². The van der Waals surface area contributed by atoms with Crippen molar-refractivity contribution in [2.24, 2.45) is 11.3 Å². The zero-order valence-electron chi connectivity index (χ0n) is 10.5. The molecule has 1 atom stereocenters. The van der Waals surface area contributed by atoms with E-state index in [-0.39, 0.29) is 17.2 Å². The van der Waals surface area contributed by atoms with Crippen LogP contribution in [0.2, 0.25) is 0 Å². The first-order valence-corrected chi connectivity index (χ1v) is 6.50. The molecule has 94 valence electrons. The van der Waals surface area contributed by atoms with E-state index in [9.17, 15) is 4.79 Å². The van der Waals surface area contributed by atoms with Crippen molar-refractivity contribution in [3.63, 3.8) is 0 Å². The van der Waals surface area contributed by atoms with Crippen LogP contribution in [0.15, 0.2) is 0 Å². The Hall–Kier alpha value is -1.08. The number of likely N-dealkylation sites (tertiary alicyclic amines) is 1. The van der Waals surface area contributed by atoms with E-state index in [1.807, 2.05) is 0 Å². The van der Waals surface area contributed by atoms with Gasteiger partial charge in [-0.05, 0) is 37.6 Å². The van der Waals surface area contributed by atoms with Crippen molar-refractivity contribution in [3.8, 4) is 6.07 Å². The Morgan fingerprint density at radius 2 is 2.35 bits per heavy atom. The van der Waals surface area contributed by atoms with Crippen LogP contribution in [0.1, 0.15) is 32.1 Å². The van der Waals surface area contributed by atoms with Crippen molar-refractivity contribution >= 4 is 5.91 Å². The Morgan fingerprint density at radius 3 is 2.94 bits per heavy atom. The fourth-order valence-corrected chi connectivity index (χ4v) is 2.83. The number of nitrogens with one attached hydrogen (secondary N) is 1. The molecule has 17 heavy (non-hydrogen) atoms. The predicted molar refractivity (Wildman–Crippen MR) is 65.1 cm³/mol. The monoisotopic (exact) mass is 235 g/mol. The maximum atomic E-state index is 11.6. The van der Waals surface area contributed by atoms with Gasteiger partial charge in [-0.2, -0.15) is 5.26 Å². The average Bonchev–Trinajstić information content (AvgIpc) is 3.08. The molecule has 4 heteroatoms. The minimum atomic E-state index is 0.145. The molecule has 0 aromatic carbocycles. The highest BCUT2D eigenvalue weighted by Crippen LogP contribution is 2.49. The molecule has 1 heterocycles. The summed E-state index contributed by atoms with van der Waals surface area (Å²) in [5.74, 6) is 0.312. The molecule has 2 aliphatic rings. The SMILES string of the molecule is CNC(=O)C1CCCN(CC2(CC#N)CC2)C1. The molecule has 1 aliphatic heterocycles. The van der Waals surface area contributed by atoms with E-state index >= 15 is 0 Å². The molecule has 1 aliphatic carbocycles. The Labute approximate surface area is 103 Å². The molecule has 0 aromatic rings. The lowest BCUT2D eigenvalue weighted by Crippen LogP contribution is -2.44. The van der Waals surface area contributed by atoms with E-state index in [1.165, 1.54) is 12.8 Å². The number of nitriles is 1. The molecule has 4 nitrogen and oxygen atoms in total. The van der Waals surface area contributed by atoms with Crippen LogP contribution < -0.4 is 5.32 Å². The second-order valence-corrected chi connectivity index (χ2v) is 5.52. The molecular weight excluding hydrogens is 214 g/mol. The highest BCUT2D eigenvalue weighted by Gasteiger charge is 2.44. The second-order valence-electron chi connectivity index (χ2n) is 5.52. The van der Waals surface area contributed by atoms with E-state index in [2.05, 4.69) is 16.3 Å². The Bertz CT molecular complexity index is 330. The van der Waals surface area contributed by atoms with Crippen LogP contribution in [0.4, 0.5) is 0 Å². The van der Waals surface area contributed by atoms with Gasteiger partial charge in [0.1, 0.15) is 0 Å². The Morgan fingerprint density at radius 1 is 1.59 bits per heavy atom. The summed E-state index contributed by atoms with van der Waals surface area (Å²) < 4.78 is 0. The number of hydrogen-bond acceptors (Lipinski definition) is 3. The number of hydrogen-bond donors (Lipinski definition) is 1. The molecule has 1 saturated carbocycles.